The first-order valence-electron chi connectivity index (χ1n) is 4.88. The number of carboxylic acid groups (broad SMARTS) is 1. The Labute approximate surface area is 84.9 Å². The van der Waals surface area contributed by atoms with Crippen molar-refractivity contribution < 1.29 is 19.7 Å². The Bertz CT molecular complexity index is 193. The molecule has 14 heavy (non-hydrogen) atoms. The Hall–Kier alpha value is -0.610. The minimum atomic E-state index is -1.68. The predicted octanol–water partition coefficient (Wildman–Crippen LogP) is 1.27. The lowest BCUT2D eigenvalue weighted by molar-refractivity contribution is -0.171. The first-order chi connectivity index (χ1) is 6.40. The van der Waals surface area contributed by atoms with Gasteiger partial charge in [-0.15, -0.1) is 0 Å². The summed E-state index contributed by atoms with van der Waals surface area (Å²) in [6, 6.07) is 0. The van der Waals surface area contributed by atoms with Crippen LogP contribution in [0.3, 0.4) is 0 Å². The van der Waals surface area contributed by atoms with Crippen molar-refractivity contribution in [3.63, 3.8) is 0 Å². The maximum absolute atomic E-state index is 11.0. The average molecular weight is 204 g/mol. The summed E-state index contributed by atoms with van der Waals surface area (Å²) in [5, 5.41) is 19.0. The van der Waals surface area contributed by atoms with Gasteiger partial charge in [-0.25, -0.2) is 4.79 Å². The minimum Gasteiger partial charge on any atom is -0.479 e. The first kappa shape index (κ1) is 13.4. The highest BCUT2D eigenvalue weighted by molar-refractivity contribution is 5.77. The van der Waals surface area contributed by atoms with Crippen molar-refractivity contribution in [1.82, 2.24) is 0 Å². The minimum absolute atomic E-state index is 0.247. The highest BCUT2D eigenvalue weighted by atomic mass is 16.5. The monoisotopic (exact) mass is 204 g/mol. The van der Waals surface area contributed by atoms with Crippen molar-refractivity contribution in [1.29, 1.82) is 0 Å². The van der Waals surface area contributed by atoms with Gasteiger partial charge < -0.3 is 14.9 Å². The molecule has 0 radical (unpaired) electrons. The summed E-state index contributed by atoms with van der Waals surface area (Å²) in [5.41, 5.74) is -1.68. The number of carbonyl (C=O) groups is 1. The van der Waals surface area contributed by atoms with Gasteiger partial charge in [0.2, 0.25) is 0 Å². The van der Waals surface area contributed by atoms with E-state index in [2.05, 4.69) is 0 Å². The highest BCUT2D eigenvalue weighted by Crippen LogP contribution is 2.27. The van der Waals surface area contributed by atoms with Gasteiger partial charge in [0.05, 0.1) is 6.10 Å². The molecule has 0 saturated heterocycles. The third-order valence-electron chi connectivity index (χ3n) is 2.83. The summed E-state index contributed by atoms with van der Waals surface area (Å²) in [5.74, 6) is -1.60. The summed E-state index contributed by atoms with van der Waals surface area (Å²) in [7, 11) is 1.51. The quantitative estimate of drug-likeness (QED) is 0.683. The molecular formula is C10H20O4. The standard InChI is InChI=1S/C10H20O4/c1-5-6-10(13,9(11)12)7(2)8(3)14-4/h7-8,13H,5-6H2,1-4H3,(H,11,12). The number of hydrogen-bond acceptors (Lipinski definition) is 3. The maximum atomic E-state index is 11.0. The maximum Gasteiger partial charge on any atom is 0.336 e. The van der Waals surface area contributed by atoms with Crippen LogP contribution in [0.25, 0.3) is 0 Å². The summed E-state index contributed by atoms with van der Waals surface area (Å²) < 4.78 is 5.03. The molecular weight excluding hydrogens is 184 g/mol. The second-order valence-electron chi connectivity index (χ2n) is 3.71. The molecule has 0 aliphatic carbocycles. The van der Waals surface area contributed by atoms with E-state index < -0.39 is 17.5 Å². The van der Waals surface area contributed by atoms with E-state index in [1.807, 2.05) is 6.92 Å². The van der Waals surface area contributed by atoms with Crippen LogP contribution >= 0.6 is 0 Å². The summed E-state index contributed by atoms with van der Waals surface area (Å²) in [4.78, 5) is 11.0. The van der Waals surface area contributed by atoms with Gasteiger partial charge in [0.15, 0.2) is 5.60 Å². The zero-order valence-electron chi connectivity index (χ0n) is 9.28. The van der Waals surface area contributed by atoms with Gasteiger partial charge in [0.1, 0.15) is 0 Å². The van der Waals surface area contributed by atoms with Gasteiger partial charge >= 0.3 is 5.97 Å². The van der Waals surface area contributed by atoms with Crippen molar-refractivity contribution >= 4 is 5.97 Å². The van der Waals surface area contributed by atoms with E-state index in [1.165, 1.54) is 7.11 Å². The molecule has 0 heterocycles. The van der Waals surface area contributed by atoms with Gasteiger partial charge in [0, 0.05) is 13.0 Å². The lowest BCUT2D eigenvalue weighted by Crippen LogP contribution is -2.49. The van der Waals surface area contributed by atoms with E-state index in [0.717, 1.165) is 0 Å². The number of aliphatic hydroxyl groups is 1. The lowest BCUT2D eigenvalue weighted by Gasteiger charge is -2.33. The number of aliphatic carboxylic acids is 1. The topological polar surface area (TPSA) is 66.8 Å². The average Bonchev–Trinajstić information content (AvgIpc) is 2.15. The molecule has 0 fully saturated rings. The van der Waals surface area contributed by atoms with Crippen LogP contribution < -0.4 is 0 Å². The van der Waals surface area contributed by atoms with Crippen LogP contribution in [0, 0.1) is 5.92 Å². The number of methoxy groups -OCH3 is 1. The van der Waals surface area contributed by atoms with Crippen molar-refractivity contribution in [3.8, 4) is 0 Å². The predicted molar refractivity (Wildman–Crippen MR) is 53.1 cm³/mol. The van der Waals surface area contributed by atoms with Gasteiger partial charge in [-0.2, -0.15) is 0 Å². The van der Waals surface area contributed by atoms with E-state index in [1.54, 1.807) is 13.8 Å². The normalized spacial score (nSPS) is 19.8. The summed E-state index contributed by atoms with van der Waals surface area (Å²) in [6.07, 6.45) is 0.600. The molecule has 0 bridgehead atoms. The van der Waals surface area contributed by atoms with E-state index in [0.29, 0.717) is 6.42 Å². The van der Waals surface area contributed by atoms with Gasteiger partial charge in [0.25, 0.3) is 0 Å². The molecule has 0 saturated carbocycles. The Morgan fingerprint density at radius 2 is 2.00 bits per heavy atom. The fraction of sp³-hybridized carbons (Fsp3) is 0.900. The molecule has 0 spiro atoms. The zero-order chi connectivity index (χ0) is 11.4. The van der Waals surface area contributed by atoms with Crippen LogP contribution in [0.1, 0.15) is 33.6 Å². The van der Waals surface area contributed by atoms with Crippen molar-refractivity contribution in [3.05, 3.63) is 0 Å². The van der Waals surface area contributed by atoms with Crippen LogP contribution in [0.4, 0.5) is 0 Å². The fourth-order valence-electron chi connectivity index (χ4n) is 1.50. The molecule has 3 atom stereocenters. The van der Waals surface area contributed by atoms with Crippen LogP contribution in [0.2, 0.25) is 0 Å². The van der Waals surface area contributed by atoms with Gasteiger partial charge in [-0.3, -0.25) is 0 Å². The summed E-state index contributed by atoms with van der Waals surface area (Å²) in [6.45, 7) is 5.30. The molecule has 2 N–H and O–H groups in total. The van der Waals surface area contributed by atoms with E-state index in [4.69, 9.17) is 9.84 Å². The van der Waals surface area contributed by atoms with Crippen molar-refractivity contribution in [2.45, 2.75) is 45.3 Å². The van der Waals surface area contributed by atoms with Gasteiger partial charge in [-0.1, -0.05) is 20.3 Å². The Morgan fingerprint density at radius 3 is 2.29 bits per heavy atom. The van der Waals surface area contributed by atoms with E-state index in [-0.39, 0.29) is 12.5 Å². The molecule has 4 heteroatoms. The second-order valence-corrected chi connectivity index (χ2v) is 3.71. The summed E-state index contributed by atoms with van der Waals surface area (Å²) >= 11 is 0. The fourth-order valence-corrected chi connectivity index (χ4v) is 1.50. The van der Waals surface area contributed by atoms with Crippen LogP contribution in [0.15, 0.2) is 0 Å². The largest absolute Gasteiger partial charge is 0.479 e. The van der Waals surface area contributed by atoms with E-state index in [9.17, 15) is 9.90 Å². The first-order valence-corrected chi connectivity index (χ1v) is 4.88. The molecule has 0 aromatic rings. The third-order valence-corrected chi connectivity index (χ3v) is 2.83. The van der Waals surface area contributed by atoms with E-state index >= 15 is 0 Å². The van der Waals surface area contributed by atoms with Crippen LogP contribution in [-0.4, -0.2) is 35.0 Å². The Morgan fingerprint density at radius 1 is 1.50 bits per heavy atom. The van der Waals surface area contributed by atoms with Crippen molar-refractivity contribution in [2.24, 2.45) is 5.92 Å². The number of ether oxygens (including phenoxy) is 1. The van der Waals surface area contributed by atoms with Gasteiger partial charge in [-0.05, 0) is 13.3 Å². The van der Waals surface area contributed by atoms with Crippen molar-refractivity contribution in [2.75, 3.05) is 7.11 Å². The highest BCUT2D eigenvalue weighted by Gasteiger charge is 2.43. The molecule has 4 nitrogen and oxygen atoms in total. The Kier molecular flexibility index (Phi) is 5.08. The number of carboxylic acids is 1. The van der Waals surface area contributed by atoms with Crippen LogP contribution in [-0.2, 0) is 9.53 Å². The molecule has 0 aliphatic rings. The number of rotatable bonds is 6. The SMILES string of the molecule is CCCC(O)(C(=O)O)C(C)C(C)OC. The van der Waals surface area contributed by atoms with Crippen LogP contribution in [0.5, 0.6) is 0 Å². The smallest absolute Gasteiger partial charge is 0.336 e. The molecule has 0 aliphatic heterocycles. The lowest BCUT2D eigenvalue weighted by atomic mass is 9.82. The third kappa shape index (κ3) is 2.69. The molecule has 0 aromatic carbocycles. The zero-order valence-corrected chi connectivity index (χ0v) is 9.28. The second kappa shape index (κ2) is 5.32. The molecule has 84 valence electrons. The molecule has 0 rings (SSSR count). The Balaban J connectivity index is 4.72. The number of hydrogen-bond donors (Lipinski definition) is 2. The molecule has 3 unspecified atom stereocenters. The molecule has 0 aromatic heterocycles. The molecule has 0 amide bonds.